The highest BCUT2D eigenvalue weighted by Gasteiger charge is 2.36. The monoisotopic (exact) mass is 276 g/mol. The number of hydrogen-bond acceptors (Lipinski definition) is 3. The molecule has 0 unspecified atom stereocenters. The number of nitrogens with two attached hydrogens (primary N) is 1. The van der Waals surface area contributed by atoms with Gasteiger partial charge in [-0.15, -0.1) is 0 Å². The smallest absolute Gasteiger partial charge is 0.123 e. The summed E-state index contributed by atoms with van der Waals surface area (Å²) < 4.78 is 5.46. The van der Waals surface area contributed by atoms with Crippen molar-refractivity contribution in [1.29, 1.82) is 0 Å². The molecule has 0 aliphatic heterocycles. The minimum atomic E-state index is 0.160. The van der Waals surface area contributed by atoms with Gasteiger partial charge in [0.05, 0.1) is 7.11 Å². The second-order valence-electron chi connectivity index (χ2n) is 6.28. The molecule has 3 nitrogen and oxygen atoms in total. The highest BCUT2D eigenvalue weighted by Crippen LogP contribution is 2.36. The third-order valence-electron chi connectivity index (χ3n) is 4.99. The zero-order valence-electron chi connectivity index (χ0n) is 13.1. The molecule has 0 bridgehead atoms. The summed E-state index contributed by atoms with van der Waals surface area (Å²) in [4.78, 5) is 2.44. The molecule has 20 heavy (non-hydrogen) atoms. The van der Waals surface area contributed by atoms with Crippen LogP contribution in [0.3, 0.4) is 0 Å². The van der Waals surface area contributed by atoms with Crippen LogP contribution in [-0.2, 0) is 6.54 Å². The zero-order valence-corrected chi connectivity index (χ0v) is 13.1. The SMILES string of the molecule is COc1ccccc1CN(C)C1(CN)CCC(C)CC1. The largest absolute Gasteiger partial charge is 0.496 e. The maximum Gasteiger partial charge on any atom is 0.123 e. The van der Waals surface area contributed by atoms with E-state index >= 15 is 0 Å². The van der Waals surface area contributed by atoms with Crippen LogP contribution in [-0.4, -0.2) is 31.1 Å². The minimum absolute atomic E-state index is 0.160. The first-order valence-electron chi connectivity index (χ1n) is 7.64. The van der Waals surface area contributed by atoms with Gasteiger partial charge in [-0.05, 0) is 44.7 Å². The fourth-order valence-corrected chi connectivity index (χ4v) is 3.30. The molecule has 1 saturated carbocycles. The molecule has 1 aliphatic carbocycles. The summed E-state index contributed by atoms with van der Waals surface area (Å²) in [6, 6.07) is 8.26. The van der Waals surface area contributed by atoms with Gasteiger partial charge >= 0.3 is 0 Å². The molecule has 2 N–H and O–H groups in total. The van der Waals surface area contributed by atoms with E-state index < -0.39 is 0 Å². The van der Waals surface area contributed by atoms with Crippen LogP contribution in [0.2, 0.25) is 0 Å². The number of rotatable bonds is 5. The molecular weight excluding hydrogens is 248 g/mol. The van der Waals surface area contributed by atoms with E-state index in [0.717, 1.165) is 24.8 Å². The van der Waals surface area contributed by atoms with Crippen LogP contribution in [0.15, 0.2) is 24.3 Å². The Labute approximate surface area is 123 Å². The Balaban J connectivity index is 2.11. The van der Waals surface area contributed by atoms with E-state index in [2.05, 4.69) is 31.0 Å². The molecule has 2 rings (SSSR count). The second kappa shape index (κ2) is 6.59. The van der Waals surface area contributed by atoms with Crippen molar-refractivity contribution in [2.24, 2.45) is 11.7 Å². The summed E-state index contributed by atoms with van der Waals surface area (Å²) in [6.07, 6.45) is 4.98. The van der Waals surface area contributed by atoms with E-state index in [-0.39, 0.29) is 5.54 Å². The van der Waals surface area contributed by atoms with Gasteiger partial charge in [-0.1, -0.05) is 25.1 Å². The molecule has 1 aromatic carbocycles. The first kappa shape index (κ1) is 15.3. The molecular formula is C17H28N2O. The lowest BCUT2D eigenvalue weighted by Crippen LogP contribution is -2.53. The Hall–Kier alpha value is -1.06. The van der Waals surface area contributed by atoms with Crippen molar-refractivity contribution in [3.63, 3.8) is 0 Å². The summed E-state index contributed by atoms with van der Waals surface area (Å²) in [7, 11) is 3.94. The van der Waals surface area contributed by atoms with E-state index in [4.69, 9.17) is 10.5 Å². The molecule has 0 saturated heterocycles. The molecule has 0 atom stereocenters. The third kappa shape index (κ3) is 3.15. The van der Waals surface area contributed by atoms with Crippen molar-refractivity contribution in [2.75, 3.05) is 20.7 Å². The second-order valence-corrected chi connectivity index (χ2v) is 6.28. The van der Waals surface area contributed by atoms with Crippen molar-refractivity contribution in [1.82, 2.24) is 4.90 Å². The van der Waals surface area contributed by atoms with E-state index in [9.17, 15) is 0 Å². The van der Waals surface area contributed by atoms with Crippen molar-refractivity contribution in [3.05, 3.63) is 29.8 Å². The lowest BCUT2D eigenvalue weighted by atomic mass is 9.76. The number of para-hydroxylation sites is 1. The Morgan fingerprint density at radius 1 is 1.30 bits per heavy atom. The molecule has 1 fully saturated rings. The molecule has 0 radical (unpaired) electrons. The van der Waals surface area contributed by atoms with E-state index in [0.29, 0.717) is 0 Å². The maximum absolute atomic E-state index is 6.14. The first-order chi connectivity index (χ1) is 9.61. The lowest BCUT2D eigenvalue weighted by Gasteiger charge is -2.45. The first-order valence-corrected chi connectivity index (χ1v) is 7.64. The van der Waals surface area contributed by atoms with Gasteiger partial charge in [-0.2, -0.15) is 0 Å². The highest BCUT2D eigenvalue weighted by atomic mass is 16.5. The van der Waals surface area contributed by atoms with Crippen LogP contribution >= 0.6 is 0 Å². The Bertz CT molecular complexity index is 425. The van der Waals surface area contributed by atoms with Crippen LogP contribution in [0.1, 0.15) is 38.2 Å². The normalized spacial score (nSPS) is 26.8. The number of benzene rings is 1. The Kier molecular flexibility index (Phi) is 5.06. The molecule has 3 heteroatoms. The summed E-state index contributed by atoms with van der Waals surface area (Å²) in [6.45, 7) is 3.99. The van der Waals surface area contributed by atoms with E-state index in [1.165, 1.54) is 31.2 Å². The van der Waals surface area contributed by atoms with Gasteiger partial charge in [0.1, 0.15) is 5.75 Å². The van der Waals surface area contributed by atoms with Crippen LogP contribution in [0.5, 0.6) is 5.75 Å². The molecule has 0 spiro atoms. The van der Waals surface area contributed by atoms with Gasteiger partial charge in [0.15, 0.2) is 0 Å². The standard InChI is InChI=1S/C17H28N2O/c1-14-8-10-17(13-18,11-9-14)19(2)12-15-6-4-5-7-16(15)20-3/h4-7,14H,8-13,18H2,1-3H3. The Morgan fingerprint density at radius 3 is 2.55 bits per heavy atom. The van der Waals surface area contributed by atoms with Gasteiger partial charge in [0.2, 0.25) is 0 Å². The molecule has 112 valence electrons. The number of ether oxygens (including phenoxy) is 1. The van der Waals surface area contributed by atoms with Gasteiger partial charge in [-0.25, -0.2) is 0 Å². The van der Waals surface area contributed by atoms with Crippen LogP contribution < -0.4 is 10.5 Å². The van der Waals surface area contributed by atoms with Crippen LogP contribution in [0.4, 0.5) is 0 Å². The molecule has 1 aromatic rings. The van der Waals surface area contributed by atoms with Gasteiger partial charge < -0.3 is 10.5 Å². The number of nitrogens with zero attached hydrogens (tertiary/aromatic N) is 1. The zero-order chi connectivity index (χ0) is 14.6. The average molecular weight is 276 g/mol. The minimum Gasteiger partial charge on any atom is -0.496 e. The van der Waals surface area contributed by atoms with Crippen LogP contribution in [0.25, 0.3) is 0 Å². The van der Waals surface area contributed by atoms with E-state index in [1.807, 2.05) is 12.1 Å². The fourth-order valence-electron chi connectivity index (χ4n) is 3.30. The van der Waals surface area contributed by atoms with E-state index in [1.54, 1.807) is 7.11 Å². The quantitative estimate of drug-likeness (QED) is 0.898. The predicted octanol–water partition coefficient (Wildman–Crippen LogP) is 3.03. The summed E-state index contributed by atoms with van der Waals surface area (Å²) in [5.74, 6) is 1.81. The lowest BCUT2D eigenvalue weighted by molar-refractivity contribution is 0.0610. The molecule has 0 amide bonds. The average Bonchev–Trinajstić information content (AvgIpc) is 2.49. The van der Waals surface area contributed by atoms with Crippen LogP contribution in [0, 0.1) is 5.92 Å². The number of likely N-dealkylation sites (N-methyl/N-ethyl adjacent to an activating group) is 1. The highest BCUT2D eigenvalue weighted by molar-refractivity contribution is 5.33. The number of methoxy groups -OCH3 is 1. The number of hydrogen-bond donors (Lipinski definition) is 1. The fraction of sp³-hybridized carbons (Fsp3) is 0.647. The topological polar surface area (TPSA) is 38.5 Å². The van der Waals surface area contributed by atoms with Crippen molar-refractivity contribution < 1.29 is 4.74 Å². The molecule has 1 aliphatic rings. The summed E-state index contributed by atoms with van der Waals surface area (Å²) >= 11 is 0. The molecule has 0 heterocycles. The van der Waals surface area contributed by atoms with Crippen molar-refractivity contribution in [2.45, 2.75) is 44.7 Å². The van der Waals surface area contributed by atoms with Gasteiger partial charge in [-0.3, -0.25) is 4.90 Å². The third-order valence-corrected chi connectivity index (χ3v) is 4.99. The van der Waals surface area contributed by atoms with Gasteiger partial charge in [0, 0.05) is 24.2 Å². The van der Waals surface area contributed by atoms with Crippen molar-refractivity contribution >= 4 is 0 Å². The summed E-state index contributed by atoms with van der Waals surface area (Å²) in [5.41, 5.74) is 7.54. The maximum atomic E-state index is 6.14. The van der Waals surface area contributed by atoms with Crippen molar-refractivity contribution in [3.8, 4) is 5.75 Å². The van der Waals surface area contributed by atoms with Gasteiger partial charge in [0.25, 0.3) is 0 Å². The summed E-state index contributed by atoms with van der Waals surface area (Å²) in [5, 5.41) is 0. The molecule has 0 aromatic heterocycles. The Morgan fingerprint density at radius 2 is 1.95 bits per heavy atom. The predicted molar refractivity (Wildman–Crippen MR) is 83.9 cm³/mol.